The molecule has 0 aromatic carbocycles. The molecule has 0 radical (unpaired) electrons. The Hall–Kier alpha value is -1.42. The topological polar surface area (TPSA) is 66.9 Å². The highest BCUT2D eigenvalue weighted by atomic mass is 16.6. The first kappa shape index (κ1) is 16.1. The van der Waals surface area contributed by atoms with E-state index in [0.29, 0.717) is 11.1 Å². The van der Waals surface area contributed by atoms with Gasteiger partial charge in [-0.05, 0) is 24.2 Å². The van der Waals surface area contributed by atoms with Crippen LogP contribution in [0.2, 0.25) is 0 Å². The summed E-state index contributed by atoms with van der Waals surface area (Å²) in [7, 11) is 0. The Labute approximate surface area is 143 Å². The highest BCUT2D eigenvalue weighted by Crippen LogP contribution is 2.66. The summed E-state index contributed by atoms with van der Waals surface area (Å²) in [5.74, 6) is -0.886. The first-order valence-electron chi connectivity index (χ1n) is 9.04. The molecule has 0 bridgehead atoms. The van der Waals surface area contributed by atoms with E-state index in [-0.39, 0.29) is 40.8 Å². The van der Waals surface area contributed by atoms with Crippen molar-refractivity contribution >= 4 is 11.6 Å². The summed E-state index contributed by atoms with van der Waals surface area (Å²) in [5.41, 5.74) is 1.09. The van der Waals surface area contributed by atoms with Gasteiger partial charge in [0.2, 0.25) is 11.6 Å². The zero-order valence-corrected chi connectivity index (χ0v) is 15.1. The molecule has 1 saturated heterocycles. The highest BCUT2D eigenvalue weighted by molar-refractivity contribution is 6.50. The van der Waals surface area contributed by atoms with Crippen LogP contribution in [-0.4, -0.2) is 28.9 Å². The average molecular weight is 330 g/mol. The number of epoxide rings is 1. The fourth-order valence-corrected chi connectivity index (χ4v) is 5.89. The Bertz CT molecular complexity index is 724. The van der Waals surface area contributed by atoms with Crippen LogP contribution in [0.25, 0.3) is 0 Å². The Morgan fingerprint density at radius 1 is 1.12 bits per heavy atom. The van der Waals surface area contributed by atoms with Crippen LogP contribution in [0.5, 0.6) is 0 Å². The molecule has 1 heterocycles. The molecule has 1 N–H and O–H groups in total. The van der Waals surface area contributed by atoms with Gasteiger partial charge in [-0.1, -0.05) is 41.0 Å². The van der Waals surface area contributed by atoms with E-state index in [1.165, 1.54) is 0 Å². The number of carbonyl (C=O) groups excluding carboxylic acids is 2. The zero-order chi connectivity index (χ0) is 17.6. The summed E-state index contributed by atoms with van der Waals surface area (Å²) in [4.78, 5) is 25.7. The number of carbonyl (C=O) groups is 2. The fourth-order valence-electron chi connectivity index (χ4n) is 5.89. The summed E-state index contributed by atoms with van der Waals surface area (Å²) < 4.78 is 5.98. The van der Waals surface area contributed by atoms with Gasteiger partial charge in [-0.15, -0.1) is 0 Å². The van der Waals surface area contributed by atoms with Crippen molar-refractivity contribution in [2.45, 2.75) is 66.1 Å². The summed E-state index contributed by atoms with van der Waals surface area (Å²) in [5, 5.41) is 10.8. The minimum atomic E-state index is -0.524. The van der Waals surface area contributed by atoms with Gasteiger partial charge in [0.25, 0.3) is 0 Å². The van der Waals surface area contributed by atoms with E-state index in [9.17, 15) is 14.7 Å². The highest BCUT2D eigenvalue weighted by Gasteiger charge is 2.67. The first-order valence-corrected chi connectivity index (χ1v) is 9.04. The molecule has 1 saturated carbocycles. The van der Waals surface area contributed by atoms with Gasteiger partial charge < -0.3 is 9.84 Å². The van der Waals surface area contributed by atoms with Gasteiger partial charge in [0.05, 0.1) is 6.10 Å². The van der Waals surface area contributed by atoms with E-state index < -0.39 is 17.0 Å². The van der Waals surface area contributed by atoms with Crippen LogP contribution in [0.4, 0.5) is 0 Å². The third kappa shape index (κ3) is 1.78. The molecule has 0 aromatic heterocycles. The number of allylic oxidation sites excluding steroid dienone is 2. The Kier molecular flexibility index (Phi) is 3.08. The van der Waals surface area contributed by atoms with Crippen molar-refractivity contribution in [2.75, 3.05) is 0 Å². The quantitative estimate of drug-likeness (QED) is 0.454. The molecule has 24 heavy (non-hydrogen) atoms. The predicted molar refractivity (Wildman–Crippen MR) is 89.4 cm³/mol. The number of hydrogen-bond donors (Lipinski definition) is 1. The molecule has 2 fully saturated rings. The Balaban J connectivity index is 1.97. The second-order valence-corrected chi connectivity index (χ2v) is 9.12. The molecule has 3 aliphatic carbocycles. The lowest BCUT2D eigenvalue weighted by Gasteiger charge is -2.53. The maximum atomic E-state index is 13.0. The normalized spacial score (nSPS) is 40.5. The molecule has 1 aliphatic heterocycles. The summed E-state index contributed by atoms with van der Waals surface area (Å²) >= 11 is 0. The SMILES string of the molecule is CC(C)C1=C(O)C2=C(C(=O)C1=O)[C@@]1(C)CCCC(C)(C)[C@@H]1[C@H]1O[C@@H]21. The van der Waals surface area contributed by atoms with Crippen LogP contribution in [-0.2, 0) is 14.3 Å². The molecule has 0 unspecified atom stereocenters. The lowest BCUT2D eigenvalue weighted by atomic mass is 9.48. The van der Waals surface area contributed by atoms with Crippen molar-refractivity contribution in [2.24, 2.45) is 22.7 Å². The van der Waals surface area contributed by atoms with Crippen LogP contribution in [0.1, 0.15) is 53.9 Å². The van der Waals surface area contributed by atoms with Crippen LogP contribution in [0.3, 0.4) is 0 Å². The molecule has 4 rings (SSSR count). The van der Waals surface area contributed by atoms with Gasteiger partial charge in [-0.2, -0.15) is 0 Å². The summed E-state index contributed by atoms with van der Waals surface area (Å²) in [6, 6.07) is 0. The smallest absolute Gasteiger partial charge is 0.233 e. The van der Waals surface area contributed by atoms with E-state index in [4.69, 9.17) is 4.74 Å². The van der Waals surface area contributed by atoms with Crippen LogP contribution in [0, 0.1) is 22.7 Å². The van der Waals surface area contributed by atoms with Crippen LogP contribution < -0.4 is 0 Å². The van der Waals surface area contributed by atoms with Crippen molar-refractivity contribution in [3.8, 4) is 0 Å². The minimum absolute atomic E-state index is 0.0140. The molecule has 130 valence electrons. The monoisotopic (exact) mass is 330 g/mol. The fraction of sp³-hybridized carbons (Fsp3) is 0.700. The molecule has 4 atom stereocenters. The number of rotatable bonds is 1. The lowest BCUT2D eigenvalue weighted by molar-refractivity contribution is -0.134. The lowest BCUT2D eigenvalue weighted by Crippen LogP contribution is -2.52. The Morgan fingerprint density at radius 2 is 1.79 bits per heavy atom. The van der Waals surface area contributed by atoms with Crippen LogP contribution in [0.15, 0.2) is 22.5 Å². The number of Topliss-reactive ketones (excluding diaryl/α,β-unsaturated/α-hetero) is 2. The van der Waals surface area contributed by atoms with Gasteiger partial charge in [-0.3, -0.25) is 9.59 Å². The number of hydrogen-bond acceptors (Lipinski definition) is 4. The second kappa shape index (κ2) is 4.60. The van der Waals surface area contributed by atoms with Crippen molar-refractivity contribution < 1.29 is 19.4 Å². The van der Waals surface area contributed by atoms with Gasteiger partial charge in [0.15, 0.2) is 0 Å². The van der Waals surface area contributed by atoms with E-state index in [2.05, 4.69) is 20.8 Å². The standard InChI is InChI=1S/C20H26O4/c1-9(2)10-13(21)11-12(15(23)14(10)22)20(5)8-6-7-19(3,4)18(20)17-16(11)24-17/h9,16-18,21H,6-8H2,1-5H3/t16-,17-,18-,20+/m0/s1. The summed E-state index contributed by atoms with van der Waals surface area (Å²) in [6.45, 7) is 10.3. The van der Waals surface area contributed by atoms with E-state index in [1.807, 2.05) is 13.8 Å². The third-order valence-electron chi connectivity index (χ3n) is 6.79. The first-order chi connectivity index (χ1) is 11.1. The van der Waals surface area contributed by atoms with E-state index in [0.717, 1.165) is 19.3 Å². The number of fused-ring (bicyclic) bond motifs is 5. The minimum Gasteiger partial charge on any atom is -0.507 e. The van der Waals surface area contributed by atoms with Gasteiger partial charge in [0.1, 0.15) is 11.9 Å². The average Bonchev–Trinajstić information content (AvgIpc) is 3.21. The molecule has 0 spiro atoms. The van der Waals surface area contributed by atoms with Crippen LogP contribution >= 0.6 is 0 Å². The largest absolute Gasteiger partial charge is 0.507 e. The maximum Gasteiger partial charge on any atom is 0.233 e. The maximum absolute atomic E-state index is 13.0. The third-order valence-corrected chi connectivity index (χ3v) is 6.79. The molecule has 0 amide bonds. The molecule has 0 aromatic rings. The molecule has 4 heteroatoms. The number of aliphatic hydroxyl groups is 1. The van der Waals surface area contributed by atoms with E-state index >= 15 is 0 Å². The van der Waals surface area contributed by atoms with Crippen molar-refractivity contribution in [1.29, 1.82) is 0 Å². The van der Waals surface area contributed by atoms with Gasteiger partial charge in [0, 0.05) is 28.1 Å². The number of ketones is 2. The number of aliphatic hydroxyl groups excluding tert-OH is 1. The Morgan fingerprint density at radius 3 is 2.42 bits per heavy atom. The van der Waals surface area contributed by atoms with Crippen molar-refractivity contribution in [1.82, 2.24) is 0 Å². The molecule has 4 nitrogen and oxygen atoms in total. The van der Waals surface area contributed by atoms with E-state index in [1.54, 1.807) is 0 Å². The predicted octanol–water partition coefficient (Wildman–Crippen LogP) is 3.52. The van der Waals surface area contributed by atoms with Crippen molar-refractivity contribution in [3.63, 3.8) is 0 Å². The van der Waals surface area contributed by atoms with Gasteiger partial charge >= 0.3 is 0 Å². The molecular weight excluding hydrogens is 304 g/mol. The second-order valence-electron chi connectivity index (χ2n) is 9.12. The number of ether oxygens (including phenoxy) is 1. The summed E-state index contributed by atoms with van der Waals surface area (Å²) in [6.07, 6.45) is 2.83. The zero-order valence-electron chi connectivity index (χ0n) is 15.1. The molecular formula is C20H26O4. The van der Waals surface area contributed by atoms with Crippen molar-refractivity contribution in [3.05, 3.63) is 22.5 Å². The molecule has 4 aliphatic rings. The van der Waals surface area contributed by atoms with Gasteiger partial charge in [-0.25, -0.2) is 0 Å².